The summed E-state index contributed by atoms with van der Waals surface area (Å²) in [6.45, 7) is 2.70. The number of rotatable bonds is 3. The molecule has 0 aliphatic rings. The predicted octanol–water partition coefficient (Wildman–Crippen LogP) is 1.25. The summed E-state index contributed by atoms with van der Waals surface area (Å²) < 4.78 is 4.73. The maximum Gasteiger partial charge on any atom is 0.336 e. The molecule has 0 atom stereocenters. The third kappa shape index (κ3) is 2.23. The molecule has 5 nitrogen and oxygen atoms in total. The van der Waals surface area contributed by atoms with Gasteiger partial charge in [-0.3, -0.25) is 9.59 Å². The molecule has 0 aliphatic carbocycles. The fourth-order valence-corrected chi connectivity index (χ4v) is 1.44. The molecule has 0 spiro atoms. The van der Waals surface area contributed by atoms with Crippen LogP contribution in [-0.4, -0.2) is 11.6 Å². The van der Waals surface area contributed by atoms with Crippen molar-refractivity contribution in [3.63, 3.8) is 0 Å². The Morgan fingerprint density at radius 1 is 1.50 bits per heavy atom. The summed E-state index contributed by atoms with van der Waals surface area (Å²) in [4.78, 5) is 33.9. The van der Waals surface area contributed by atoms with Crippen molar-refractivity contribution in [3.05, 3.63) is 33.4 Å². The molecular formula is C11H9NO4. The van der Waals surface area contributed by atoms with Gasteiger partial charge in [-0.25, -0.2) is 4.79 Å². The van der Waals surface area contributed by atoms with E-state index in [-0.39, 0.29) is 29.1 Å². The molecule has 0 bridgehead atoms. The second kappa shape index (κ2) is 4.53. The van der Waals surface area contributed by atoms with Gasteiger partial charge in [0.05, 0.1) is 18.1 Å². The topological polar surface area (TPSA) is 88.1 Å². The number of carbonyl (C=O) groups is 2. The molecule has 0 saturated heterocycles. The molecule has 5 heteroatoms. The van der Waals surface area contributed by atoms with E-state index < -0.39 is 11.4 Å². The number of hydrogen-bond acceptors (Lipinski definition) is 5. The Bertz CT molecular complexity index is 548. The van der Waals surface area contributed by atoms with Gasteiger partial charge < -0.3 is 4.42 Å². The minimum Gasteiger partial charge on any atom is -0.427 e. The van der Waals surface area contributed by atoms with Gasteiger partial charge in [0, 0.05) is 11.6 Å². The Morgan fingerprint density at radius 3 is 2.62 bits per heavy atom. The average Bonchev–Trinajstić information content (AvgIpc) is 2.15. The van der Waals surface area contributed by atoms with E-state index in [0.717, 1.165) is 6.07 Å². The first-order valence-corrected chi connectivity index (χ1v) is 4.53. The van der Waals surface area contributed by atoms with Gasteiger partial charge in [-0.05, 0) is 13.8 Å². The van der Waals surface area contributed by atoms with Crippen molar-refractivity contribution < 1.29 is 14.0 Å². The third-order valence-corrected chi connectivity index (χ3v) is 2.03. The summed E-state index contributed by atoms with van der Waals surface area (Å²) >= 11 is 0. The SMILES string of the molecule is CC(=O)c1c(C(=O)CC#N)cc(=O)oc1C. The monoisotopic (exact) mass is 219 g/mol. The van der Waals surface area contributed by atoms with Crippen LogP contribution in [0.5, 0.6) is 0 Å². The lowest BCUT2D eigenvalue weighted by Crippen LogP contribution is -2.14. The fraction of sp³-hybridized carbons (Fsp3) is 0.273. The maximum absolute atomic E-state index is 11.5. The summed E-state index contributed by atoms with van der Waals surface area (Å²) in [5, 5.41) is 8.41. The van der Waals surface area contributed by atoms with Crippen molar-refractivity contribution >= 4 is 11.6 Å². The summed E-state index contributed by atoms with van der Waals surface area (Å²) in [5.74, 6) is -0.826. The molecule has 0 unspecified atom stereocenters. The third-order valence-electron chi connectivity index (χ3n) is 2.03. The van der Waals surface area contributed by atoms with Crippen LogP contribution in [0.3, 0.4) is 0 Å². The molecule has 16 heavy (non-hydrogen) atoms. The maximum atomic E-state index is 11.5. The van der Waals surface area contributed by atoms with Crippen LogP contribution in [0.4, 0.5) is 0 Å². The highest BCUT2D eigenvalue weighted by atomic mass is 16.4. The van der Waals surface area contributed by atoms with E-state index in [1.165, 1.54) is 13.8 Å². The van der Waals surface area contributed by atoms with Crippen LogP contribution in [0, 0.1) is 18.3 Å². The van der Waals surface area contributed by atoms with E-state index in [9.17, 15) is 14.4 Å². The second-order valence-electron chi connectivity index (χ2n) is 3.22. The summed E-state index contributed by atoms with van der Waals surface area (Å²) in [7, 11) is 0. The van der Waals surface area contributed by atoms with E-state index in [1.54, 1.807) is 6.07 Å². The standard InChI is InChI=1S/C11H9NO4/c1-6(13)11-7(2)16-10(15)5-8(11)9(14)3-4-12/h5H,3H2,1-2H3. The fourth-order valence-electron chi connectivity index (χ4n) is 1.44. The van der Waals surface area contributed by atoms with E-state index in [0.29, 0.717) is 0 Å². The molecule has 1 aromatic heterocycles. The first-order chi connectivity index (χ1) is 7.47. The van der Waals surface area contributed by atoms with Gasteiger partial charge in [0.15, 0.2) is 11.6 Å². The molecule has 1 aromatic rings. The summed E-state index contributed by atoms with van der Waals surface area (Å²) in [6.07, 6.45) is -0.372. The normalized spacial score (nSPS) is 9.56. The summed E-state index contributed by atoms with van der Waals surface area (Å²) in [6, 6.07) is 2.63. The molecule has 1 rings (SSSR count). The van der Waals surface area contributed by atoms with Gasteiger partial charge in [-0.2, -0.15) is 5.26 Å². The quantitative estimate of drug-likeness (QED) is 0.713. The zero-order chi connectivity index (χ0) is 12.3. The number of nitriles is 1. The number of ketones is 2. The minimum atomic E-state index is -0.705. The van der Waals surface area contributed by atoms with Crippen LogP contribution in [0.1, 0.15) is 39.8 Å². The van der Waals surface area contributed by atoms with Crippen molar-refractivity contribution in [2.75, 3.05) is 0 Å². The molecule has 0 radical (unpaired) electrons. The molecule has 0 N–H and O–H groups in total. The molecule has 0 amide bonds. The van der Waals surface area contributed by atoms with Crippen LogP contribution < -0.4 is 5.63 Å². The summed E-state index contributed by atoms with van der Waals surface area (Å²) in [5.41, 5.74) is -0.675. The van der Waals surface area contributed by atoms with Crippen molar-refractivity contribution in [3.8, 4) is 6.07 Å². The Kier molecular flexibility index (Phi) is 3.36. The molecule has 82 valence electrons. The van der Waals surface area contributed by atoms with Gasteiger partial charge >= 0.3 is 5.63 Å². The number of nitrogens with zero attached hydrogens (tertiary/aromatic N) is 1. The van der Waals surface area contributed by atoms with Gasteiger partial charge in [0.2, 0.25) is 0 Å². The lowest BCUT2D eigenvalue weighted by atomic mass is 10.00. The average molecular weight is 219 g/mol. The molecule has 1 heterocycles. The Balaban J connectivity index is 3.48. The van der Waals surface area contributed by atoms with Gasteiger partial charge in [0.25, 0.3) is 0 Å². The lowest BCUT2D eigenvalue weighted by molar-refractivity contribution is 0.0968. The second-order valence-corrected chi connectivity index (χ2v) is 3.22. The zero-order valence-electron chi connectivity index (χ0n) is 8.86. The Labute approximate surface area is 91.3 Å². The van der Waals surface area contributed by atoms with Crippen LogP contribution in [0.15, 0.2) is 15.3 Å². The van der Waals surface area contributed by atoms with Crippen molar-refractivity contribution in [1.82, 2.24) is 0 Å². The van der Waals surface area contributed by atoms with Gasteiger partial charge in [0.1, 0.15) is 5.76 Å². The molecule has 0 aliphatic heterocycles. The smallest absolute Gasteiger partial charge is 0.336 e. The predicted molar refractivity (Wildman–Crippen MR) is 54.3 cm³/mol. The van der Waals surface area contributed by atoms with E-state index >= 15 is 0 Å². The highest BCUT2D eigenvalue weighted by Crippen LogP contribution is 2.14. The van der Waals surface area contributed by atoms with Crippen LogP contribution in [0.25, 0.3) is 0 Å². The number of Topliss-reactive ketones (excluding diaryl/α,β-unsaturated/α-hetero) is 2. The zero-order valence-corrected chi connectivity index (χ0v) is 8.86. The Hall–Kier alpha value is -2.22. The first-order valence-electron chi connectivity index (χ1n) is 4.53. The molecule has 0 saturated carbocycles. The van der Waals surface area contributed by atoms with Crippen molar-refractivity contribution in [1.29, 1.82) is 5.26 Å². The van der Waals surface area contributed by atoms with E-state index in [4.69, 9.17) is 9.68 Å². The van der Waals surface area contributed by atoms with Crippen LogP contribution >= 0.6 is 0 Å². The van der Waals surface area contributed by atoms with E-state index in [1.807, 2.05) is 0 Å². The highest BCUT2D eigenvalue weighted by molar-refractivity contribution is 6.08. The number of hydrogen-bond donors (Lipinski definition) is 0. The molecule has 0 aromatic carbocycles. The molecular weight excluding hydrogens is 210 g/mol. The molecule has 0 fully saturated rings. The number of carbonyl (C=O) groups excluding carboxylic acids is 2. The van der Waals surface area contributed by atoms with Gasteiger partial charge in [-0.1, -0.05) is 0 Å². The Morgan fingerprint density at radius 2 is 2.12 bits per heavy atom. The number of aryl methyl sites for hydroxylation is 1. The highest BCUT2D eigenvalue weighted by Gasteiger charge is 2.19. The minimum absolute atomic E-state index is 0.0391. The van der Waals surface area contributed by atoms with Crippen LogP contribution in [-0.2, 0) is 0 Å². The largest absolute Gasteiger partial charge is 0.427 e. The van der Waals surface area contributed by atoms with Crippen molar-refractivity contribution in [2.24, 2.45) is 0 Å². The van der Waals surface area contributed by atoms with Crippen LogP contribution in [0.2, 0.25) is 0 Å². The van der Waals surface area contributed by atoms with Crippen molar-refractivity contribution in [2.45, 2.75) is 20.3 Å². The van der Waals surface area contributed by atoms with Gasteiger partial charge in [-0.15, -0.1) is 0 Å². The first kappa shape index (κ1) is 11.9. The van der Waals surface area contributed by atoms with E-state index in [2.05, 4.69) is 0 Å². The lowest BCUT2D eigenvalue weighted by Gasteiger charge is -2.05.